The first-order valence-electron chi connectivity index (χ1n) is 7.29. The van der Waals surface area contributed by atoms with Crippen LogP contribution in [0.15, 0.2) is 24.3 Å². The van der Waals surface area contributed by atoms with E-state index in [0.29, 0.717) is 11.3 Å². The Kier molecular flexibility index (Phi) is 4.75. The number of Topliss-reactive ketones (excluding diaryl/α,β-unsaturated/α-hetero) is 1. The third-order valence-corrected chi connectivity index (χ3v) is 3.99. The Morgan fingerprint density at radius 3 is 2.52 bits per heavy atom. The van der Waals surface area contributed by atoms with Crippen molar-refractivity contribution in [3.8, 4) is 0 Å². The van der Waals surface area contributed by atoms with Crippen LogP contribution in [0, 0.1) is 0 Å². The highest BCUT2D eigenvalue weighted by atomic mass is 16.2. The molecule has 1 amide bonds. The van der Waals surface area contributed by atoms with Crippen molar-refractivity contribution in [2.75, 3.05) is 31.5 Å². The second-order valence-corrected chi connectivity index (χ2v) is 5.89. The number of ketones is 1. The molecule has 21 heavy (non-hydrogen) atoms. The lowest BCUT2D eigenvalue weighted by Gasteiger charge is -2.39. The average Bonchev–Trinajstić information content (AvgIpc) is 2.48. The van der Waals surface area contributed by atoms with Gasteiger partial charge in [0.05, 0.1) is 5.54 Å². The van der Waals surface area contributed by atoms with Crippen LogP contribution in [0.2, 0.25) is 0 Å². The van der Waals surface area contributed by atoms with E-state index in [2.05, 4.69) is 15.5 Å². The molecular weight excluding hydrogens is 266 g/mol. The Labute approximate surface area is 125 Å². The SMILES string of the molecule is CC(=O)c1cccc(NC(=O)C(C)(C)N2CCNCC2)c1. The molecule has 0 saturated carbocycles. The lowest BCUT2D eigenvalue weighted by atomic mass is 10.00. The van der Waals surface area contributed by atoms with Crippen LogP contribution in [0.4, 0.5) is 5.69 Å². The zero-order valence-electron chi connectivity index (χ0n) is 12.9. The predicted molar refractivity (Wildman–Crippen MR) is 83.6 cm³/mol. The molecule has 0 unspecified atom stereocenters. The van der Waals surface area contributed by atoms with E-state index in [0.717, 1.165) is 26.2 Å². The summed E-state index contributed by atoms with van der Waals surface area (Å²) >= 11 is 0. The number of benzene rings is 1. The van der Waals surface area contributed by atoms with E-state index in [1.165, 1.54) is 6.92 Å². The van der Waals surface area contributed by atoms with Gasteiger partial charge in [-0.3, -0.25) is 14.5 Å². The zero-order valence-corrected chi connectivity index (χ0v) is 12.9. The molecule has 0 atom stereocenters. The zero-order chi connectivity index (χ0) is 15.5. The minimum Gasteiger partial charge on any atom is -0.324 e. The maximum Gasteiger partial charge on any atom is 0.244 e. The molecule has 0 spiro atoms. The van der Waals surface area contributed by atoms with Crippen molar-refractivity contribution in [3.05, 3.63) is 29.8 Å². The number of carbonyl (C=O) groups is 2. The molecule has 1 aliphatic rings. The van der Waals surface area contributed by atoms with Gasteiger partial charge in [0.2, 0.25) is 5.91 Å². The number of anilines is 1. The summed E-state index contributed by atoms with van der Waals surface area (Å²) in [5, 5.41) is 6.21. The van der Waals surface area contributed by atoms with E-state index in [-0.39, 0.29) is 11.7 Å². The van der Waals surface area contributed by atoms with E-state index in [9.17, 15) is 9.59 Å². The van der Waals surface area contributed by atoms with Crippen molar-refractivity contribution in [1.82, 2.24) is 10.2 Å². The molecule has 2 rings (SSSR count). The van der Waals surface area contributed by atoms with Crippen LogP contribution in [0.25, 0.3) is 0 Å². The van der Waals surface area contributed by atoms with Gasteiger partial charge in [-0.2, -0.15) is 0 Å². The van der Waals surface area contributed by atoms with E-state index in [1.807, 2.05) is 13.8 Å². The first-order valence-corrected chi connectivity index (χ1v) is 7.29. The van der Waals surface area contributed by atoms with Crippen molar-refractivity contribution < 1.29 is 9.59 Å². The monoisotopic (exact) mass is 289 g/mol. The number of hydrogen-bond donors (Lipinski definition) is 2. The minimum absolute atomic E-state index is 0.00698. The molecule has 1 aromatic carbocycles. The Morgan fingerprint density at radius 1 is 1.24 bits per heavy atom. The number of rotatable bonds is 4. The number of carbonyl (C=O) groups excluding carboxylic acids is 2. The fraction of sp³-hybridized carbons (Fsp3) is 0.500. The standard InChI is InChI=1S/C16H23N3O2/c1-12(20)13-5-4-6-14(11-13)18-15(21)16(2,3)19-9-7-17-8-10-19/h4-6,11,17H,7-10H2,1-3H3,(H,18,21). The van der Waals surface area contributed by atoms with Crippen molar-refractivity contribution >= 4 is 17.4 Å². The van der Waals surface area contributed by atoms with E-state index in [1.54, 1.807) is 24.3 Å². The van der Waals surface area contributed by atoms with Gasteiger partial charge < -0.3 is 10.6 Å². The largest absolute Gasteiger partial charge is 0.324 e. The highest BCUT2D eigenvalue weighted by molar-refractivity contribution is 5.99. The first-order chi connectivity index (χ1) is 9.91. The van der Waals surface area contributed by atoms with E-state index >= 15 is 0 Å². The predicted octanol–water partition coefficient (Wildman–Crippen LogP) is 1.51. The Morgan fingerprint density at radius 2 is 1.90 bits per heavy atom. The second kappa shape index (κ2) is 6.37. The summed E-state index contributed by atoms with van der Waals surface area (Å²) in [5.74, 6) is -0.0578. The summed E-state index contributed by atoms with van der Waals surface area (Å²) in [6.45, 7) is 8.89. The van der Waals surface area contributed by atoms with Gasteiger partial charge in [-0.25, -0.2) is 0 Å². The van der Waals surface area contributed by atoms with Gasteiger partial charge in [0.1, 0.15) is 0 Å². The maximum absolute atomic E-state index is 12.6. The number of nitrogens with one attached hydrogen (secondary N) is 2. The molecule has 1 heterocycles. The first kappa shape index (κ1) is 15.7. The third-order valence-electron chi connectivity index (χ3n) is 3.99. The smallest absolute Gasteiger partial charge is 0.244 e. The molecule has 5 heteroatoms. The second-order valence-electron chi connectivity index (χ2n) is 5.89. The third kappa shape index (κ3) is 3.68. The topological polar surface area (TPSA) is 61.4 Å². The molecular formula is C16H23N3O2. The summed E-state index contributed by atoms with van der Waals surface area (Å²) in [6, 6.07) is 7.05. The normalized spacial score (nSPS) is 16.5. The van der Waals surface area contributed by atoms with Crippen LogP contribution in [-0.4, -0.2) is 48.3 Å². The fourth-order valence-electron chi connectivity index (χ4n) is 2.47. The number of hydrogen-bond acceptors (Lipinski definition) is 4. The summed E-state index contributed by atoms with van der Waals surface area (Å²) in [7, 11) is 0. The summed E-state index contributed by atoms with van der Waals surface area (Å²) < 4.78 is 0. The van der Waals surface area contributed by atoms with Gasteiger partial charge in [-0.1, -0.05) is 12.1 Å². The van der Waals surface area contributed by atoms with Crippen LogP contribution in [-0.2, 0) is 4.79 Å². The Hall–Kier alpha value is -1.72. The van der Waals surface area contributed by atoms with Gasteiger partial charge in [-0.15, -0.1) is 0 Å². The molecule has 0 bridgehead atoms. The Bertz CT molecular complexity index is 534. The van der Waals surface area contributed by atoms with Crippen LogP contribution in [0.5, 0.6) is 0 Å². The van der Waals surface area contributed by atoms with E-state index < -0.39 is 5.54 Å². The number of amides is 1. The average molecular weight is 289 g/mol. The van der Waals surface area contributed by atoms with Crippen molar-refractivity contribution in [2.45, 2.75) is 26.3 Å². The molecule has 0 aliphatic carbocycles. The van der Waals surface area contributed by atoms with Crippen molar-refractivity contribution in [3.63, 3.8) is 0 Å². The van der Waals surface area contributed by atoms with Crippen LogP contribution < -0.4 is 10.6 Å². The summed E-state index contributed by atoms with van der Waals surface area (Å²) in [6.07, 6.45) is 0. The molecule has 1 aromatic rings. The lowest BCUT2D eigenvalue weighted by Crippen LogP contribution is -2.58. The minimum atomic E-state index is -0.575. The van der Waals surface area contributed by atoms with Gasteiger partial charge in [-0.05, 0) is 32.9 Å². The number of piperazine rings is 1. The molecule has 0 radical (unpaired) electrons. The van der Waals surface area contributed by atoms with Crippen molar-refractivity contribution in [1.29, 1.82) is 0 Å². The quantitative estimate of drug-likeness (QED) is 0.825. The molecule has 114 valence electrons. The molecule has 1 aliphatic heterocycles. The molecule has 1 fully saturated rings. The summed E-state index contributed by atoms with van der Waals surface area (Å²) in [4.78, 5) is 26.1. The van der Waals surface area contributed by atoms with Crippen LogP contribution in [0.3, 0.4) is 0 Å². The van der Waals surface area contributed by atoms with Crippen LogP contribution >= 0.6 is 0 Å². The van der Waals surface area contributed by atoms with Gasteiger partial charge in [0, 0.05) is 37.4 Å². The van der Waals surface area contributed by atoms with E-state index in [4.69, 9.17) is 0 Å². The molecule has 5 nitrogen and oxygen atoms in total. The Balaban J connectivity index is 2.09. The summed E-state index contributed by atoms with van der Waals surface area (Å²) in [5.41, 5.74) is 0.692. The maximum atomic E-state index is 12.6. The van der Waals surface area contributed by atoms with Gasteiger partial charge in [0.15, 0.2) is 5.78 Å². The molecule has 0 aromatic heterocycles. The molecule has 1 saturated heterocycles. The highest BCUT2D eigenvalue weighted by Gasteiger charge is 2.35. The van der Waals surface area contributed by atoms with Crippen LogP contribution in [0.1, 0.15) is 31.1 Å². The van der Waals surface area contributed by atoms with Gasteiger partial charge >= 0.3 is 0 Å². The molecule has 2 N–H and O–H groups in total. The lowest BCUT2D eigenvalue weighted by molar-refractivity contribution is -0.126. The van der Waals surface area contributed by atoms with Gasteiger partial charge in [0.25, 0.3) is 0 Å². The number of nitrogens with zero attached hydrogens (tertiary/aromatic N) is 1. The van der Waals surface area contributed by atoms with Crippen molar-refractivity contribution in [2.24, 2.45) is 0 Å². The highest BCUT2D eigenvalue weighted by Crippen LogP contribution is 2.19. The fourth-order valence-corrected chi connectivity index (χ4v) is 2.47.